The smallest absolute Gasteiger partial charge is 0.416 e. The number of halogens is 3. The lowest BCUT2D eigenvalue weighted by atomic mass is 10.0. The van der Waals surface area contributed by atoms with Gasteiger partial charge in [0.2, 0.25) is 5.88 Å². The molecule has 0 aliphatic carbocycles. The fourth-order valence-corrected chi connectivity index (χ4v) is 4.62. The molecule has 0 spiro atoms. The number of nitrogens with zero attached hydrogens (tertiary/aromatic N) is 6. The second-order valence-corrected chi connectivity index (χ2v) is 9.08. The van der Waals surface area contributed by atoms with Gasteiger partial charge in [0.05, 0.1) is 42.0 Å². The van der Waals surface area contributed by atoms with Crippen molar-refractivity contribution >= 4 is 23.2 Å². The predicted molar refractivity (Wildman–Crippen MR) is 133 cm³/mol. The van der Waals surface area contributed by atoms with Crippen molar-refractivity contribution in [1.82, 2.24) is 20.2 Å². The summed E-state index contributed by atoms with van der Waals surface area (Å²) in [6, 6.07) is 5.73. The molecule has 1 atom stereocenters. The van der Waals surface area contributed by atoms with Gasteiger partial charge in [0.1, 0.15) is 0 Å². The summed E-state index contributed by atoms with van der Waals surface area (Å²) in [6.07, 6.45) is 1.31. The predicted octanol–water partition coefficient (Wildman–Crippen LogP) is 4.12. The zero-order chi connectivity index (χ0) is 26.7. The zero-order valence-electron chi connectivity index (χ0n) is 20.4. The Morgan fingerprint density at radius 2 is 2.08 bits per heavy atom. The van der Waals surface area contributed by atoms with E-state index in [1.54, 1.807) is 17.2 Å². The Balaban J connectivity index is 1.43. The average Bonchev–Trinajstić information content (AvgIpc) is 2.91. The SMILES string of the molecule is O=C(Nc1cnnc(OCCCCO)c1)N1c2nc(-c3cccc(C(F)(F)F)c3)ncc2N2CCC[C@H]1C2. The molecule has 2 N–H and O–H groups in total. The fraction of sp³-hybridized carbons (Fsp3) is 0.400. The van der Waals surface area contributed by atoms with E-state index in [-0.39, 0.29) is 29.9 Å². The first kappa shape index (κ1) is 25.6. The lowest BCUT2D eigenvalue weighted by Crippen LogP contribution is -2.56. The summed E-state index contributed by atoms with van der Waals surface area (Å²) in [5, 5.41) is 19.5. The third kappa shape index (κ3) is 5.47. The number of aliphatic hydroxyl groups excluding tert-OH is 1. The van der Waals surface area contributed by atoms with Crippen molar-refractivity contribution in [3.8, 4) is 17.3 Å². The molecule has 0 unspecified atom stereocenters. The summed E-state index contributed by atoms with van der Waals surface area (Å²) >= 11 is 0. The number of aliphatic hydroxyl groups is 1. The van der Waals surface area contributed by atoms with E-state index < -0.39 is 17.8 Å². The summed E-state index contributed by atoms with van der Waals surface area (Å²) in [7, 11) is 0. The van der Waals surface area contributed by atoms with E-state index in [1.165, 1.54) is 18.3 Å². The minimum atomic E-state index is -4.50. The highest BCUT2D eigenvalue weighted by atomic mass is 19.4. The van der Waals surface area contributed by atoms with Crippen molar-refractivity contribution < 1.29 is 27.8 Å². The summed E-state index contributed by atoms with van der Waals surface area (Å²) in [5.41, 5.74) is 0.419. The Kier molecular flexibility index (Phi) is 7.27. The molecular weight excluding hydrogens is 503 g/mol. The number of hydrogen-bond donors (Lipinski definition) is 2. The van der Waals surface area contributed by atoms with Gasteiger partial charge in [-0.15, -0.1) is 5.10 Å². The molecule has 200 valence electrons. The van der Waals surface area contributed by atoms with Gasteiger partial charge < -0.3 is 20.1 Å². The number of aromatic nitrogens is 4. The maximum atomic E-state index is 13.5. The molecule has 2 aliphatic heterocycles. The molecule has 3 aromatic rings. The van der Waals surface area contributed by atoms with E-state index in [0.29, 0.717) is 43.2 Å². The van der Waals surface area contributed by atoms with Crippen LogP contribution in [0.1, 0.15) is 31.2 Å². The highest BCUT2D eigenvalue weighted by molar-refractivity contribution is 6.04. The van der Waals surface area contributed by atoms with E-state index in [4.69, 9.17) is 9.84 Å². The molecule has 5 rings (SSSR count). The van der Waals surface area contributed by atoms with Crippen LogP contribution in [0.4, 0.5) is 35.2 Å². The van der Waals surface area contributed by atoms with Crippen LogP contribution in [0.25, 0.3) is 11.4 Å². The van der Waals surface area contributed by atoms with Crippen LogP contribution in [0.3, 0.4) is 0 Å². The molecule has 0 radical (unpaired) electrons. The highest BCUT2D eigenvalue weighted by Crippen LogP contribution is 2.39. The van der Waals surface area contributed by atoms with E-state index in [0.717, 1.165) is 31.5 Å². The molecule has 1 aromatic carbocycles. The number of unbranched alkanes of at least 4 members (excludes halogenated alkanes) is 1. The first-order valence-corrected chi connectivity index (χ1v) is 12.3. The number of hydrogen-bond acceptors (Lipinski definition) is 8. The van der Waals surface area contributed by atoms with Crippen LogP contribution in [-0.2, 0) is 6.18 Å². The second kappa shape index (κ2) is 10.8. The number of rotatable bonds is 7. The molecule has 10 nitrogen and oxygen atoms in total. The lowest BCUT2D eigenvalue weighted by Gasteiger charge is -2.45. The number of carbonyl (C=O) groups excluding carboxylic acids is 1. The maximum absolute atomic E-state index is 13.5. The van der Waals surface area contributed by atoms with E-state index in [9.17, 15) is 18.0 Å². The van der Waals surface area contributed by atoms with Gasteiger partial charge >= 0.3 is 12.2 Å². The van der Waals surface area contributed by atoms with Crippen molar-refractivity contribution in [2.45, 2.75) is 37.9 Å². The second-order valence-electron chi connectivity index (χ2n) is 9.08. The molecule has 1 fully saturated rings. The summed E-state index contributed by atoms with van der Waals surface area (Å²) < 4.78 is 45.4. The molecule has 38 heavy (non-hydrogen) atoms. The van der Waals surface area contributed by atoms with E-state index in [2.05, 4.69) is 30.4 Å². The van der Waals surface area contributed by atoms with Gasteiger partial charge in [-0.1, -0.05) is 12.1 Å². The van der Waals surface area contributed by atoms with Crippen LogP contribution in [0.15, 0.2) is 42.7 Å². The molecule has 2 amide bonds. The molecule has 2 aromatic heterocycles. The first-order valence-electron chi connectivity index (χ1n) is 12.3. The number of nitrogens with one attached hydrogen (secondary N) is 1. The van der Waals surface area contributed by atoms with E-state index >= 15 is 0 Å². The molecule has 2 bridgehead atoms. The highest BCUT2D eigenvalue weighted by Gasteiger charge is 2.39. The Hall–Kier alpha value is -4.00. The zero-order valence-corrected chi connectivity index (χ0v) is 20.4. The van der Waals surface area contributed by atoms with Crippen LogP contribution in [0.5, 0.6) is 5.88 Å². The molecule has 0 saturated carbocycles. The molecular formula is C25H26F3N7O3. The standard InChI is InChI=1S/C25H26F3N7O3/c26-25(27,28)17-6-3-5-16(11-17)22-29-14-20-23(32-22)35(19-7-4-8-34(20)15-19)24(37)31-18-12-21(33-30-13-18)38-10-2-1-9-36/h3,5-6,11-14,19,36H,1-2,4,7-10,15H2,(H,31,33,37)/t19-/m0/s1. The van der Waals surface area contributed by atoms with Crippen LogP contribution in [0.2, 0.25) is 0 Å². The van der Waals surface area contributed by atoms with Crippen LogP contribution in [0, 0.1) is 0 Å². The number of urea groups is 1. The van der Waals surface area contributed by atoms with Crippen LogP contribution >= 0.6 is 0 Å². The Morgan fingerprint density at radius 1 is 1.21 bits per heavy atom. The quantitative estimate of drug-likeness (QED) is 0.439. The van der Waals surface area contributed by atoms with Gasteiger partial charge in [0, 0.05) is 31.3 Å². The number of fused-ring (bicyclic) bond motifs is 4. The number of amides is 2. The van der Waals surface area contributed by atoms with Gasteiger partial charge in [-0.25, -0.2) is 14.8 Å². The van der Waals surface area contributed by atoms with Gasteiger partial charge in [0.25, 0.3) is 0 Å². The fourth-order valence-electron chi connectivity index (χ4n) is 4.62. The number of benzene rings is 1. The van der Waals surface area contributed by atoms with Crippen molar-refractivity contribution in [2.75, 3.05) is 41.4 Å². The largest absolute Gasteiger partial charge is 0.477 e. The minimum Gasteiger partial charge on any atom is -0.477 e. The third-order valence-corrected chi connectivity index (χ3v) is 6.43. The molecule has 4 heterocycles. The molecule has 1 saturated heterocycles. The van der Waals surface area contributed by atoms with Crippen molar-refractivity contribution in [1.29, 1.82) is 0 Å². The summed E-state index contributed by atoms with van der Waals surface area (Å²) in [4.78, 5) is 26.1. The Morgan fingerprint density at radius 3 is 2.89 bits per heavy atom. The topological polar surface area (TPSA) is 117 Å². The Bertz CT molecular complexity index is 1310. The van der Waals surface area contributed by atoms with Crippen LogP contribution < -0.4 is 19.9 Å². The Labute approximate surface area is 216 Å². The number of piperidine rings is 1. The van der Waals surface area contributed by atoms with Gasteiger partial charge in [-0.2, -0.15) is 18.3 Å². The van der Waals surface area contributed by atoms with Crippen molar-refractivity contribution in [3.05, 3.63) is 48.3 Å². The first-order chi connectivity index (χ1) is 18.3. The van der Waals surface area contributed by atoms with Gasteiger partial charge in [-0.05, 0) is 37.8 Å². The number of ether oxygens (including phenoxy) is 1. The number of alkyl halides is 3. The minimum absolute atomic E-state index is 0.0695. The number of anilines is 3. The number of carbonyl (C=O) groups is 1. The summed E-state index contributed by atoms with van der Waals surface area (Å²) in [6.45, 7) is 1.79. The molecule has 13 heteroatoms. The maximum Gasteiger partial charge on any atom is 0.416 e. The monoisotopic (exact) mass is 529 g/mol. The molecule has 2 aliphatic rings. The normalized spacial score (nSPS) is 16.7. The van der Waals surface area contributed by atoms with Crippen molar-refractivity contribution in [3.63, 3.8) is 0 Å². The summed E-state index contributed by atoms with van der Waals surface area (Å²) in [5.74, 6) is 0.666. The van der Waals surface area contributed by atoms with Gasteiger partial charge in [0.15, 0.2) is 11.6 Å². The van der Waals surface area contributed by atoms with Crippen molar-refractivity contribution in [2.24, 2.45) is 0 Å². The van der Waals surface area contributed by atoms with Gasteiger partial charge in [-0.3, -0.25) is 4.90 Å². The van der Waals surface area contributed by atoms with Crippen LogP contribution in [-0.4, -0.2) is 63.6 Å². The lowest BCUT2D eigenvalue weighted by molar-refractivity contribution is -0.137. The van der Waals surface area contributed by atoms with E-state index in [1.807, 2.05) is 0 Å². The average molecular weight is 530 g/mol. The third-order valence-electron chi connectivity index (χ3n) is 6.43.